The zero-order valence-corrected chi connectivity index (χ0v) is 12.6. The summed E-state index contributed by atoms with van der Waals surface area (Å²) in [5, 5.41) is 7.54. The third-order valence-electron chi connectivity index (χ3n) is 3.68. The molecule has 22 heavy (non-hydrogen) atoms. The van der Waals surface area contributed by atoms with E-state index in [-0.39, 0.29) is 17.1 Å². The highest BCUT2D eigenvalue weighted by Gasteiger charge is 2.21. The van der Waals surface area contributed by atoms with Crippen molar-refractivity contribution < 1.29 is 8.78 Å². The Kier molecular flexibility index (Phi) is 4.52. The normalized spacial score (nSPS) is 21.8. The molecule has 118 valence electrons. The van der Waals surface area contributed by atoms with E-state index in [4.69, 9.17) is 11.6 Å². The molecule has 0 unspecified atom stereocenters. The van der Waals surface area contributed by atoms with Gasteiger partial charge >= 0.3 is 0 Å². The van der Waals surface area contributed by atoms with Crippen LogP contribution in [0.5, 0.6) is 0 Å². The summed E-state index contributed by atoms with van der Waals surface area (Å²) in [4.78, 5) is 8.43. The van der Waals surface area contributed by atoms with E-state index < -0.39 is 12.8 Å². The van der Waals surface area contributed by atoms with Crippen LogP contribution in [-0.2, 0) is 6.67 Å². The van der Waals surface area contributed by atoms with Crippen LogP contribution < -0.4 is 5.32 Å². The van der Waals surface area contributed by atoms with Gasteiger partial charge in [0.25, 0.3) is 5.95 Å². The Bertz CT molecular complexity index is 640. The molecular formula is C14H16ClF2N5. The van der Waals surface area contributed by atoms with Gasteiger partial charge in [-0.05, 0) is 31.7 Å². The second kappa shape index (κ2) is 6.56. The van der Waals surface area contributed by atoms with Crippen LogP contribution in [0.2, 0.25) is 5.15 Å². The fourth-order valence-electron chi connectivity index (χ4n) is 2.53. The van der Waals surface area contributed by atoms with Gasteiger partial charge in [0.2, 0.25) is 0 Å². The van der Waals surface area contributed by atoms with Crippen LogP contribution in [-0.4, -0.2) is 32.0 Å². The van der Waals surface area contributed by atoms with Crippen LogP contribution >= 0.6 is 11.6 Å². The van der Waals surface area contributed by atoms with E-state index >= 15 is 0 Å². The van der Waals surface area contributed by atoms with Gasteiger partial charge in [-0.15, -0.1) is 0 Å². The number of hydrogen-bond donors (Lipinski definition) is 1. The van der Waals surface area contributed by atoms with Gasteiger partial charge in [-0.2, -0.15) is 15.1 Å². The first-order valence-electron chi connectivity index (χ1n) is 7.20. The smallest absolute Gasteiger partial charge is 0.253 e. The van der Waals surface area contributed by atoms with E-state index in [0.717, 1.165) is 12.8 Å². The molecule has 1 fully saturated rings. The Balaban J connectivity index is 1.77. The van der Waals surface area contributed by atoms with Crippen molar-refractivity contribution in [2.45, 2.75) is 44.6 Å². The average Bonchev–Trinajstić information content (AvgIpc) is 2.98. The molecule has 1 saturated carbocycles. The van der Waals surface area contributed by atoms with Crippen LogP contribution in [0.3, 0.4) is 0 Å². The molecule has 5 nitrogen and oxygen atoms in total. The maximum Gasteiger partial charge on any atom is 0.253 e. The second-order valence-corrected chi connectivity index (χ2v) is 5.74. The first-order valence-corrected chi connectivity index (χ1v) is 7.58. The molecule has 0 spiro atoms. The van der Waals surface area contributed by atoms with Crippen LogP contribution in [0, 0.1) is 0 Å². The zero-order valence-electron chi connectivity index (χ0n) is 11.8. The van der Waals surface area contributed by atoms with Gasteiger partial charge in [-0.25, -0.2) is 13.5 Å². The van der Waals surface area contributed by atoms with Crippen molar-refractivity contribution in [2.24, 2.45) is 0 Å². The number of alkyl halides is 2. The van der Waals surface area contributed by atoms with E-state index in [0.29, 0.717) is 24.4 Å². The monoisotopic (exact) mass is 327 g/mol. The summed E-state index contributed by atoms with van der Waals surface area (Å²) in [6, 6.07) is 3.34. The van der Waals surface area contributed by atoms with E-state index in [1.165, 1.54) is 4.68 Å². The summed E-state index contributed by atoms with van der Waals surface area (Å²) < 4.78 is 27.1. The number of rotatable bonds is 4. The van der Waals surface area contributed by atoms with Gasteiger partial charge in [0, 0.05) is 18.3 Å². The summed E-state index contributed by atoms with van der Waals surface area (Å²) in [5.41, 5.74) is 0.305. The quantitative estimate of drug-likeness (QED) is 0.874. The third-order valence-corrected chi connectivity index (χ3v) is 3.87. The van der Waals surface area contributed by atoms with Crippen LogP contribution in [0.25, 0.3) is 5.95 Å². The predicted molar refractivity (Wildman–Crippen MR) is 79.8 cm³/mol. The first-order chi connectivity index (χ1) is 10.6. The fourth-order valence-corrected chi connectivity index (χ4v) is 2.71. The molecular weight excluding hydrogens is 312 g/mol. The van der Waals surface area contributed by atoms with E-state index in [1.807, 2.05) is 0 Å². The lowest BCUT2D eigenvalue weighted by atomic mass is 9.94. The molecule has 8 heteroatoms. The molecule has 1 N–H and O–H groups in total. The number of nitrogens with one attached hydrogen (secondary N) is 1. The van der Waals surface area contributed by atoms with Crippen molar-refractivity contribution in [3.63, 3.8) is 0 Å². The van der Waals surface area contributed by atoms with Crippen molar-refractivity contribution in [1.82, 2.24) is 19.7 Å². The van der Waals surface area contributed by atoms with E-state index in [9.17, 15) is 8.78 Å². The minimum atomic E-state index is -0.703. The van der Waals surface area contributed by atoms with Gasteiger partial charge in [0.15, 0.2) is 0 Å². The molecule has 3 rings (SSSR count). The molecule has 0 radical (unpaired) electrons. The summed E-state index contributed by atoms with van der Waals surface area (Å²) >= 11 is 6.02. The van der Waals surface area contributed by atoms with Crippen molar-refractivity contribution in [1.29, 1.82) is 0 Å². The molecule has 1 aliphatic carbocycles. The molecule has 2 aromatic rings. The number of anilines is 1. The van der Waals surface area contributed by atoms with Gasteiger partial charge in [0.1, 0.15) is 23.8 Å². The molecule has 2 heterocycles. The number of aromatic nitrogens is 4. The summed E-state index contributed by atoms with van der Waals surface area (Å²) in [7, 11) is 0. The Morgan fingerprint density at radius 2 is 2.05 bits per heavy atom. The maximum absolute atomic E-state index is 13.2. The van der Waals surface area contributed by atoms with E-state index in [2.05, 4.69) is 20.4 Å². The van der Waals surface area contributed by atoms with Crippen LogP contribution in [0.15, 0.2) is 18.3 Å². The molecule has 0 atom stereocenters. The van der Waals surface area contributed by atoms with Gasteiger partial charge in [-0.1, -0.05) is 11.6 Å². The molecule has 1 aliphatic rings. The highest BCUT2D eigenvalue weighted by Crippen LogP contribution is 2.24. The SMILES string of the molecule is FCc1ccn(-c2nc(Cl)cc(NC3CCC(F)CC3)n2)n1. The minimum absolute atomic E-state index is 0.171. The largest absolute Gasteiger partial charge is 0.367 e. The van der Waals surface area contributed by atoms with Crippen molar-refractivity contribution >= 4 is 17.4 Å². The highest BCUT2D eigenvalue weighted by molar-refractivity contribution is 6.29. The van der Waals surface area contributed by atoms with Gasteiger partial charge in [0.05, 0.1) is 5.69 Å². The topological polar surface area (TPSA) is 55.6 Å². The second-order valence-electron chi connectivity index (χ2n) is 5.35. The van der Waals surface area contributed by atoms with Gasteiger partial charge in [-0.3, -0.25) is 0 Å². The van der Waals surface area contributed by atoms with Gasteiger partial charge < -0.3 is 5.32 Å². The standard InChI is InChI=1S/C14H16ClF2N5/c15-12-7-13(18-10-3-1-9(17)2-4-10)20-14(19-12)22-6-5-11(8-16)21-22/h5-7,9-10H,1-4,8H2,(H,18,19,20). The molecule has 0 saturated heterocycles. The fraction of sp³-hybridized carbons (Fsp3) is 0.500. The van der Waals surface area contributed by atoms with Crippen LogP contribution in [0.1, 0.15) is 31.4 Å². The zero-order chi connectivity index (χ0) is 15.5. The van der Waals surface area contributed by atoms with Crippen molar-refractivity contribution in [2.75, 3.05) is 5.32 Å². The minimum Gasteiger partial charge on any atom is -0.367 e. The molecule has 0 amide bonds. The molecule has 2 aromatic heterocycles. The third kappa shape index (κ3) is 3.52. The van der Waals surface area contributed by atoms with E-state index in [1.54, 1.807) is 18.3 Å². The average molecular weight is 328 g/mol. The maximum atomic E-state index is 13.2. The Labute approximate surface area is 131 Å². The Morgan fingerprint density at radius 3 is 2.73 bits per heavy atom. The lowest BCUT2D eigenvalue weighted by Gasteiger charge is -2.25. The Hall–Kier alpha value is -1.76. The predicted octanol–water partition coefficient (Wildman–Crippen LogP) is 3.48. The highest BCUT2D eigenvalue weighted by atomic mass is 35.5. The summed E-state index contributed by atoms with van der Waals surface area (Å²) in [6.45, 7) is -0.648. The number of hydrogen-bond acceptors (Lipinski definition) is 4. The van der Waals surface area contributed by atoms with Crippen molar-refractivity contribution in [3.8, 4) is 5.95 Å². The Morgan fingerprint density at radius 1 is 1.27 bits per heavy atom. The lowest BCUT2D eigenvalue weighted by Crippen LogP contribution is -2.27. The van der Waals surface area contributed by atoms with Crippen molar-refractivity contribution in [3.05, 3.63) is 29.2 Å². The summed E-state index contributed by atoms with van der Waals surface area (Å²) in [5.74, 6) is 0.837. The molecule has 0 aliphatic heterocycles. The summed E-state index contributed by atoms with van der Waals surface area (Å²) in [6.07, 6.45) is 3.51. The number of halogens is 3. The number of nitrogens with zero attached hydrogens (tertiary/aromatic N) is 4. The molecule has 0 bridgehead atoms. The van der Waals surface area contributed by atoms with Crippen LogP contribution in [0.4, 0.5) is 14.6 Å². The molecule has 0 aromatic carbocycles. The lowest BCUT2D eigenvalue weighted by molar-refractivity contribution is 0.241. The first kappa shape index (κ1) is 15.1.